The summed E-state index contributed by atoms with van der Waals surface area (Å²) in [7, 11) is -16.4. The van der Waals surface area contributed by atoms with E-state index in [1.54, 1.807) is 6.92 Å². The van der Waals surface area contributed by atoms with Crippen LogP contribution in [-0.4, -0.2) is 145 Å². The second kappa shape index (κ2) is 20.0. The summed E-state index contributed by atoms with van der Waals surface area (Å²) in [4.78, 5) is 87.2. The van der Waals surface area contributed by atoms with Crippen LogP contribution < -0.4 is 16.4 Å². The van der Waals surface area contributed by atoms with Crippen molar-refractivity contribution in [3.05, 3.63) is 12.7 Å². The van der Waals surface area contributed by atoms with Crippen LogP contribution in [0.1, 0.15) is 39.8 Å². The molecule has 9 atom stereocenters. The molecule has 0 spiro atoms. The van der Waals surface area contributed by atoms with E-state index in [-0.39, 0.29) is 48.7 Å². The smallest absolute Gasteiger partial charge is 0.390 e. The van der Waals surface area contributed by atoms with Crippen molar-refractivity contribution in [1.29, 1.82) is 0 Å². The average molecular weight is 884 g/mol. The maximum absolute atomic E-state index is 12.7. The van der Waals surface area contributed by atoms with Gasteiger partial charge in [-0.2, -0.15) is 4.31 Å². The minimum Gasteiger partial charge on any atom is -0.390 e. The van der Waals surface area contributed by atoms with Crippen molar-refractivity contribution in [2.75, 3.05) is 37.8 Å². The topological polar surface area (TPSA) is 404 Å². The molecule has 26 nitrogen and oxygen atoms in total. The molecule has 0 radical (unpaired) electrons. The maximum Gasteiger partial charge on any atom is 0.481 e. The molecule has 1 saturated heterocycles. The van der Waals surface area contributed by atoms with Gasteiger partial charge >= 0.3 is 23.5 Å². The van der Waals surface area contributed by atoms with E-state index in [2.05, 4.69) is 34.4 Å². The Morgan fingerprint density at radius 2 is 1.70 bits per heavy atom. The van der Waals surface area contributed by atoms with E-state index < -0.39 is 102 Å². The molecule has 1 aliphatic rings. The molecule has 1 fully saturated rings. The van der Waals surface area contributed by atoms with Crippen molar-refractivity contribution in [1.82, 2.24) is 30.2 Å². The fourth-order valence-corrected chi connectivity index (χ4v) is 8.31. The normalized spacial score (nSPS) is 22.8. The standard InChI is InChI=1S/C26H44N7O19P3S/c1-4-13(34)17(36)25(40)56-8-7-28-15(35)5-6-29-23(39)20(38)26(2,3)10-49-55(46,47)52-54(44,45)48-9-14-19(51-53(41,42)43)18(37)24(50-14)33-12-32-16-21(27)30-11-31-22(16)33/h11-14,17-20,24,34,36-38H,4-10H2,1-3H3,(H,28,35)(H,29,39)(H,44,45)(H,46,47)(H2,27,30,31)(H2,41,42,43)/t13?,14-,17?,18-,19-,20+,24-/m1/s1. The summed E-state index contributed by atoms with van der Waals surface area (Å²) in [6, 6.07) is 0. The third-order valence-electron chi connectivity index (χ3n) is 7.77. The first-order valence-corrected chi connectivity index (χ1v) is 21.8. The summed E-state index contributed by atoms with van der Waals surface area (Å²) < 4.78 is 61.9. The summed E-state index contributed by atoms with van der Waals surface area (Å²) in [5, 5.41) is 44.7. The number of amides is 2. The summed E-state index contributed by atoms with van der Waals surface area (Å²) in [5.41, 5.74) is 4.20. The van der Waals surface area contributed by atoms with Gasteiger partial charge in [-0.25, -0.2) is 28.6 Å². The number of ether oxygens (including phenoxy) is 1. The summed E-state index contributed by atoms with van der Waals surface area (Å²) in [6.07, 6.45) is -9.70. The molecule has 30 heteroatoms. The number of aliphatic hydroxyl groups excluding tert-OH is 4. The van der Waals surface area contributed by atoms with Crippen molar-refractivity contribution in [3.8, 4) is 0 Å². The Morgan fingerprint density at radius 1 is 1.04 bits per heavy atom. The number of nitrogens with one attached hydrogen (secondary N) is 2. The number of hydrogen-bond acceptors (Lipinski definition) is 20. The molecule has 0 aromatic carbocycles. The molecule has 3 rings (SSSR count). The minimum atomic E-state index is -5.59. The highest BCUT2D eigenvalue weighted by molar-refractivity contribution is 8.13. The van der Waals surface area contributed by atoms with Crippen LogP contribution in [0.4, 0.5) is 5.82 Å². The third-order valence-corrected chi connectivity index (χ3v) is 11.8. The van der Waals surface area contributed by atoms with Crippen molar-refractivity contribution < 1.29 is 90.7 Å². The molecule has 2 amide bonds. The van der Waals surface area contributed by atoms with Crippen molar-refractivity contribution in [2.24, 2.45) is 5.41 Å². The van der Waals surface area contributed by atoms with Gasteiger partial charge in [0.05, 0.1) is 25.6 Å². The van der Waals surface area contributed by atoms with E-state index in [4.69, 9.17) is 19.5 Å². The molecule has 1 aliphatic heterocycles. The lowest BCUT2D eigenvalue weighted by Gasteiger charge is -2.30. The highest BCUT2D eigenvalue weighted by atomic mass is 32.2. The predicted octanol–water partition coefficient (Wildman–Crippen LogP) is -2.20. The third kappa shape index (κ3) is 13.8. The molecular weight excluding hydrogens is 839 g/mol. The van der Waals surface area contributed by atoms with E-state index in [0.29, 0.717) is 11.8 Å². The van der Waals surface area contributed by atoms with Gasteiger partial charge in [0.1, 0.15) is 42.4 Å². The first kappa shape index (κ1) is 47.9. The molecule has 0 saturated carbocycles. The largest absolute Gasteiger partial charge is 0.481 e. The Labute approximate surface area is 321 Å². The molecule has 2 aromatic heterocycles. The number of phosphoric ester groups is 3. The zero-order valence-corrected chi connectivity index (χ0v) is 33.3. The van der Waals surface area contributed by atoms with Crippen LogP contribution in [0.2, 0.25) is 0 Å². The monoisotopic (exact) mass is 883 g/mol. The summed E-state index contributed by atoms with van der Waals surface area (Å²) >= 11 is 0.712. The van der Waals surface area contributed by atoms with Gasteiger partial charge in [-0.05, 0) is 6.42 Å². The van der Waals surface area contributed by atoms with Crippen molar-refractivity contribution >= 4 is 69.1 Å². The Kier molecular flexibility index (Phi) is 17.1. The van der Waals surface area contributed by atoms with Crippen LogP contribution in [0.25, 0.3) is 11.2 Å². The van der Waals surface area contributed by atoms with Gasteiger partial charge in [-0.15, -0.1) is 0 Å². The molecule has 4 unspecified atom stereocenters. The van der Waals surface area contributed by atoms with Crippen LogP contribution in [0, 0.1) is 5.41 Å². The van der Waals surface area contributed by atoms with Crippen LogP contribution in [-0.2, 0) is 50.7 Å². The van der Waals surface area contributed by atoms with Crippen molar-refractivity contribution in [2.45, 2.75) is 76.5 Å². The van der Waals surface area contributed by atoms with Crippen molar-refractivity contribution in [3.63, 3.8) is 0 Å². The number of carbonyl (C=O) groups is 3. The molecule has 56 heavy (non-hydrogen) atoms. The fourth-order valence-electron chi connectivity index (χ4n) is 4.75. The number of thioether (sulfide) groups is 1. The number of aromatic nitrogens is 4. The average Bonchev–Trinajstić information content (AvgIpc) is 3.67. The van der Waals surface area contributed by atoms with E-state index in [9.17, 15) is 68.1 Å². The van der Waals surface area contributed by atoms with E-state index in [0.717, 1.165) is 17.2 Å². The number of nitrogens with zero attached hydrogens (tertiary/aromatic N) is 4. The Balaban J connectivity index is 1.49. The number of nitrogen functional groups attached to an aromatic ring is 1. The number of nitrogens with two attached hydrogens (primary N) is 1. The second-order valence-corrected chi connectivity index (χ2v) is 18.0. The van der Waals surface area contributed by atoms with Crippen LogP contribution in [0.15, 0.2) is 12.7 Å². The van der Waals surface area contributed by atoms with Gasteiger partial charge in [0, 0.05) is 30.7 Å². The molecule has 0 aliphatic carbocycles. The van der Waals surface area contributed by atoms with E-state index >= 15 is 0 Å². The highest BCUT2D eigenvalue weighted by Crippen LogP contribution is 2.61. The number of aliphatic hydroxyl groups is 4. The zero-order chi connectivity index (χ0) is 42.2. The minimum absolute atomic E-state index is 0.0200. The SMILES string of the molecule is CCC(O)C(O)C(=O)SCCNC(=O)CCNC(=O)[C@H](O)C(C)(C)COP(=O)(O)OP(=O)(O)OC[C@H]1O[C@@H](n2cnc3c(N)ncnc32)[C@H](O)[C@@H]1OP(=O)(O)O. The van der Waals surface area contributed by atoms with Gasteiger partial charge in [0.25, 0.3) is 0 Å². The molecular formula is C26H44N7O19P3S. The number of phosphoric acid groups is 3. The Morgan fingerprint density at radius 3 is 2.34 bits per heavy atom. The van der Waals surface area contributed by atoms with Gasteiger partial charge < -0.3 is 61.1 Å². The number of rotatable bonds is 22. The molecule has 318 valence electrons. The molecule has 2 aromatic rings. The first-order valence-electron chi connectivity index (χ1n) is 16.3. The van der Waals surface area contributed by atoms with E-state index in [1.165, 1.54) is 13.8 Å². The fraction of sp³-hybridized carbons (Fsp3) is 0.692. The number of fused-ring (bicyclic) bond motifs is 1. The quantitative estimate of drug-likeness (QED) is 0.0441. The Hall–Kier alpha value is -2.52. The number of hydrogen-bond donors (Lipinski definition) is 11. The van der Waals surface area contributed by atoms with Gasteiger partial charge in [0.15, 0.2) is 17.7 Å². The maximum atomic E-state index is 12.7. The summed E-state index contributed by atoms with van der Waals surface area (Å²) in [5.74, 6) is -1.51. The van der Waals surface area contributed by atoms with Gasteiger partial charge in [-0.1, -0.05) is 32.5 Å². The lowest BCUT2D eigenvalue weighted by molar-refractivity contribution is -0.137. The van der Waals surface area contributed by atoms with Crippen LogP contribution >= 0.6 is 35.2 Å². The number of carbonyl (C=O) groups excluding carboxylic acids is 3. The lowest BCUT2D eigenvalue weighted by Crippen LogP contribution is -2.46. The molecule has 12 N–H and O–H groups in total. The van der Waals surface area contributed by atoms with Crippen LogP contribution in [0.3, 0.4) is 0 Å². The lowest BCUT2D eigenvalue weighted by atomic mass is 9.87. The Bertz CT molecular complexity index is 1830. The van der Waals surface area contributed by atoms with Crippen LogP contribution in [0.5, 0.6) is 0 Å². The summed E-state index contributed by atoms with van der Waals surface area (Å²) in [6.45, 7) is 1.73. The van der Waals surface area contributed by atoms with Gasteiger partial charge in [0.2, 0.25) is 16.9 Å². The first-order chi connectivity index (χ1) is 25.9. The second-order valence-electron chi connectivity index (χ2n) is 12.7. The molecule has 0 bridgehead atoms. The van der Waals surface area contributed by atoms with Gasteiger partial charge in [-0.3, -0.25) is 32.5 Å². The predicted molar refractivity (Wildman–Crippen MR) is 189 cm³/mol. The molecule has 3 heterocycles. The highest BCUT2D eigenvalue weighted by Gasteiger charge is 2.50. The number of anilines is 1. The zero-order valence-electron chi connectivity index (χ0n) is 29.8. The number of imidazole rings is 1. The van der Waals surface area contributed by atoms with E-state index in [1.807, 2.05) is 0 Å².